The maximum absolute atomic E-state index is 14.2. The summed E-state index contributed by atoms with van der Waals surface area (Å²) >= 11 is 0. The minimum atomic E-state index is -3.91. The van der Waals surface area contributed by atoms with Crippen molar-refractivity contribution in [2.75, 3.05) is 92.0 Å². The summed E-state index contributed by atoms with van der Waals surface area (Å²) in [7, 11) is 0.996. The van der Waals surface area contributed by atoms with Crippen LogP contribution >= 0.6 is 0 Å². The monoisotopic (exact) mass is 770 g/mol. The number of benzene rings is 3. The number of anilines is 1. The molecule has 0 spiro atoms. The van der Waals surface area contributed by atoms with Crippen molar-refractivity contribution >= 4 is 15.7 Å². The van der Waals surface area contributed by atoms with E-state index in [1.807, 2.05) is 43.3 Å². The standard InChI is InChI=1S/C41H58N2O10S/c1-30-7-14-36(15-8-30)54(45,46)43-22-39(52-27-33-11-16-38-37(21-33)42(18-20-51-38)17-6-19-47-3)41(40(23-43)53-29-35(44)28-49-5)34-12-9-32(10-13-34)26-50-25-31(2)24-48-4/h7-16,21,31,35,39-41,44H,6,17-20,22-29H2,1-5H3/t31?,35?,39-,40+,41+/m0/s1. The van der Waals surface area contributed by atoms with E-state index in [2.05, 4.69) is 17.9 Å². The third-order valence-corrected chi connectivity index (χ3v) is 11.6. The lowest BCUT2D eigenvalue weighted by molar-refractivity contribution is -0.0997. The molecule has 1 N–H and O–H groups in total. The number of methoxy groups -OCH3 is 3. The molecule has 12 nitrogen and oxygen atoms in total. The first kappa shape index (κ1) is 42.0. The number of aliphatic hydroxyl groups excluding tert-OH is 1. The largest absolute Gasteiger partial charge is 0.490 e. The number of aryl methyl sites for hydroxylation is 1. The van der Waals surface area contributed by atoms with Gasteiger partial charge in [0.15, 0.2) is 0 Å². The first-order valence-electron chi connectivity index (χ1n) is 18.7. The van der Waals surface area contributed by atoms with E-state index in [0.717, 1.165) is 53.2 Å². The van der Waals surface area contributed by atoms with E-state index in [1.165, 1.54) is 11.4 Å². The van der Waals surface area contributed by atoms with Gasteiger partial charge in [-0.2, -0.15) is 4.31 Å². The number of hydrogen-bond acceptors (Lipinski definition) is 11. The number of rotatable bonds is 21. The summed E-state index contributed by atoms with van der Waals surface area (Å²) in [5.41, 5.74) is 4.87. The van der Waals surface area contributed by atoms with Crippen molar-refractivity contribution in [1.29, 1.82) is 0 Å². The van der Waals surface area contributed by atoms with Crippen molar-refractivity contribution in [3.05, 3.63) is 89.0 Å². The molecule has 5 rings (SSSR count). The molecule has 0 amide bonds. The Labute approximate surface area is 321 Å². The van der Waals surface area contributed by atoms with Gasteiger partial charge in [0, 0.05) is 59.4 Å². The van der Waals surface area contributed by atoms with E-state index in [9.17, 15) is 13.5 Å². The van der Waals surface area contributed by atoms with Crippen LogP contribution in [0.4, 0.5) is 5.69 Å². The van der Waals surface area contributed by atoms with Gasteiger partial charge in [-0.05, 0) is 54.3 Å². The highest BCUT2D eigenvalue weighted by atomic mass is 32.2. The fraction of sp³-hybridized carbons (Fsp3) is 0.561. The minimum absolute atomic E-state index is 0.0323. The number of nitrogens with zero attached hydrogens (tertiary/aromatic N) is 2. The van der Waals surface area contributed by atoms with Gasteiger partial charge in [0.05, 0.1) is 69.0 Å². The van der Waals surface area contributed by atoms with Gasteiger partial charge in [-0.25, -0.2) is 8.42 Å². The Morgan fingerprint density at radius 2 is 1.54 bits per heavy atom. The first-order valence-corrected chi connectivity index (χ1v) is 20.2. The van der Waals surface area contributed by atoms with Crippen LogP contribution in [0.5, 0.6) is 5.75 Å². The average molecular weight is 771 g/mol. The van der Waals surface area contributed by atoms with Crippen molar-refractivity contribution in [2.24, 2.45) is 5.92 Å². The maximum Gasteiger partial charge on any atom is 0.243 e. The fourth-order valence-electron chi connectivity index (χ4n) is 7.01. The molecule has 0 bridgehead atoms. The molecule has 1 fully saturated rings. The quantitative estimate of drug-likeness (QED) is 0.150. The van der Waals surface area contributed by atoms with E-state index in [1.54, 1.807) is 38.5 Å². The van der Waals surface area contributed by atoms with Crippen molar-refractivity contribution in [1.82, 2.24) is 4.31 Å². The molecule has 0 aromatic heterocycles. The van der Waals surface area contributed by atoms with Crippen molar-refractivity contribution < 1.29 is 46.7 Å². The molecule has 3 aromatic rings. The molecule has 54 heavy (non-hydrogen) atoms. The van der Waals surface area contributed by atoms with Crippen molar-refractivity contribution in [2.45, 2.75) is 62.6 Å². The topological polar surface area (TPSA) is 125 Å². The summed E-state index contributed by atoms with van der Waals surface area (Å²) in [6, 6.07) is 21.1. The Bertz CT molecular complexity index is 1670. The molecule has 13 heteroatoms. The number of piperidine rings is 1. The molecule has 2 aliphatic heterocycles. The normalized spacial score (nSPS) is 20.3. The highest BCUT2D eigenvalue weighted by Crippen LogP contribution is 2.37. The first-order chi connectivity index (χ1) is 26.1. The van der Waals surface area contributed by atoms with E-state index in [0.29, 0.717) is 33.0 Å². The van der Waals surface area contributed by atoms with Crippen LogP contribution in [-0.2, 0) is 51.7 Å². The highest BCUT2D eigenvalue weighted by molar-refractivity contribution is 7.89. The number of fused-ring (bicyclic) bond motifs is 1. The van der Waals surface area contributed by atoms with Gasteiger partial charge in [-0.3, -0.25) is 0 Å². The minimum Gasteiger partial charge on any atom is -0.490 e. The Kier molecular flexibility index (Phi) is 16.1. The molecule has 2 heterocycles. The summed E-state index contributed by atoms with van der Waals surface area (Å²) in [4.78, 5) is 2.51. The Morgan fingerprint density at radius 3 is 2.24 bits per heavy atom. The molecule has 2 aliphatic rings. The van der Waals surface area contributed by atoms with Crippen LogP contribution < -0.4 is 9.64 Å². The molecule has 0 aliphatic carbocycles. The van der Waals surface area contributed by atoms with Crippen molar-refractivity contribution in [3.63, 3.8) is 0 Å². The highest BCUT2D eigenvalue weighted by Gasteiger charge is 2.44. The van der Waals surface area contributed by atoms with Gasteiger partial charge in [-0.15, -0.1) is 0 Å². The third-order valence-electron chi connectivity index (χ3n) is 9.80. The van der Waals surface area contributed by atoms with E-state index >= 15 is 0 Å². The molecule has 0 saturated carbocycles. The van der Waals surface area contributed by atoms with Gasteiger partial charge in [0.25, 0.3) is 0 Å². The van der Waals surface area contributed by atoms with Crippen LogP contribution in [0.25, 0.3) is 0 Å². The zero-order valence-electron chi connectivity index (χ0n) is 32.4. The van der Waals surface area contributed by atoms with E-state index < -0.39 is 28.3 Å². The zero-order valence-corrected chi connectivity index (χ0v) is 33.2. The molecule has 3 aromatic carbocycles. The summed E-state index contributed by atoms with van der Waals surface area (Å²) in [5, 5.41) is 10.6. The molecule has 298 valence electrons. The molecule has 2 unspecified atom stereocenters. The van der Waals surface area contributed by atoms with Crippen LogP contribution in [0.3, 0.4) is 0 Å². The predicted octanol–water partition coefficient (Wildman–Crippen LogP) is 4.80. The number of sulfonamides is 1. The smallest absolute Gasteiger partial charge is 0.243 e. The van der Waals surface area contributed by atoms with Gasteiger partial charge in [0.1, 0.15) is 18.5 Å². The maximum atomic E-state index is 14.2. The molecule has 5 atom stereocenters. The summed E-state index contributed by atoms with van der Waals surface area (Å²) < 4.78 is 70.6. The van der Waals surface area contributed by atoms with E-state index in [4.69, 9.17) is 33.2 Å². The Hall–Kier alpha value is -3.11. The molecule has 1 saturated heterocycles. The van der Waals surface area contributed by atoms with Crippen LogP contribution in [0.2, 0.25) is 0 Å². The van der Waals surface area contributed by atoms with E-state index in [-0.39, 0.29) is 49.6 Å². The molecular weight excluding hydrogens is 713 g/mol. The van der Waals surface area contributed by atoms with Gasteiger partial charge < -0.3 is 43.2 Å². The van der Waals surface area contributed by atoms with Crippen LogP contribution in [-0.4, -0.2) is 123 Å². The second kappa shape index (κ2) is 20.7. The molecule has 0 radical (unpaired) electrons. The second-order valence-electron chi connectivity index (χ2n) is 14.3. The van der Waals surface area contributed by atoms with Crippen molar-refractivity contribution in [3.8, 4) is 5.75 Å². The second-order valence-corrected chi connectivity index (χ2v) is 16.2. The third kappa shape index (κ3) is 11.5. The van der Waals surface area contributed by atoms with Crippen LogP contribution in [0.1, 0.15) is 41.5 Å². The Morgan fingerprint density at radius 1 is 0.833 bits per heavy atom. The zero-order chi connectivity index (χ0) is 38.5. The van der Waals surface area contributed by atoms with Crippen LogP contribution in [0.15, 0.2) is 71.6 Å². The number of hydrogen-bond donors (Lipinski definition) is 1. The lowest BCUT2D eigenvalue weighted by atomic mass is 9.85. The number of ether oxygens (including phenoxy) is 7. The SMILES string of the molecule is COCCCN1CCOc2ccc(CO[C@H]3CN(S(=O)(=O)c4ccc(C)cc4)C[C@@H](OCC(O)COC)[C@@H]3c3ccc(COCC(C)COC)cc3)cc21. The fourth-order valence-corrected chi connectivity index (χ4v) is 8.47. The van der Waals surface area contributed by atoms with Crippen LogP contribution in [0, 0.1) is 12.8 Å². The lowest BCUT2D eigenvalue weighted by Crippen LogP contribution is -2.54. The average Bonchev–Trinajstić information content (AvgIpc) is 3.17. The summed E-state index contributed by atoms with van der Waals surface area (Å²) in [6.45, 7) is 9.06. The summed E-state index contributed by atoms with van der Waals surface area (Å²) in [5.74, 6) is 0.752. The Balaban J connectivity index is 1.44. The van der Waals surface area contributed by atoms with Gasteiger partial charge in [-0.1, -0.05) is 55.0 Å². The number of aliphatic hydroxyl groups is 1. The summed E-state index contributed by atoms with van der Waals surface area (Å²) in [6.07, 6.45) is -1.22. The lowest BCUT2D eigenvalue weighted by Gasteiger charge is -2.43. The molecular formula is C41H58N2O10S. The van der Waals surface area contributed by atoms with Gasteiger partial charge in [0.2, 0.25) is 10.0 Å². The predicted molar refractivity (Wildman–Crippen MR) is 207 cm³/mol. The van der Waals surface area contributed by atoms with Gasteiger partial charge >= 0.3 is 0 Å².